The molecule has 0 spiro atoms. The number of imidazole rings is 1. The van der Waals surface area contributed by atoms with E-state index in [-0.39, 0.29) is 0 Å². The van der Waals surface area contributed by atoms with Gasteiger partial charge in [-0.25, -0.2) is 19.9 Å². The third-order valence-corrected chi connectivity index (χ3v) is 5.95. The number of pyridine rings is 2. The second-order valence-electron chi connectivity index (χ2n) is 6.70. The fourth-order valence-corrected chi connectivity index (χ4v) is 4.49. The van der Waals surface area contributed by atoms with Crippen molar-refractivity contribution in [2.75, 3.05) is 0 Å². The van der Waals surface area contributed by atoms with Gasteiger partial charge < -0.3 is 4.57 Å². The molecule has 1 aliphatic heterocycles. The Kier molecular flexibility index (Phi) is 5.27. The molecule has 0 saturated carbocycles. The van der Waals surface area contributed by atoms with E-state index in [1.54, 1.807) is 18.0 Å². The number of hydrogen-bond acceptors (Lipinski definition) is 5. The lowest BCUT2D eigenvalue weighted by molar-refractivity contribution is 0.690. The summed E-state index contributed by atoms with van der Waals surface area (Å²) < 4.78 is 2.07. The van der Waals surface area contributed by atoms with E-state index >= 15 is 0 Å². The molecule has 4 heterocycles. The van der Waals surface area contributed by atoms with Crippen LogP contribution >= 0.6 is 23.4 Å². The topological polar surface area (TPSA) is 56.0 Å². The molecular weight excluding hydrogens is 378 g/mol. The molecule has 0 aliphatic carbocycles. The summed E-state index contributed by atoms with van der Waals surface area (Å²) in [4.78, 5) is 18.0. The van der Waals surface area contributed by atoms with E-state index in [0.29, 0.717) is 23.4 Å². The molecule has 0 amide bonds. The van der Waals surface area contributed by atoms with Crippen molar-refractivity contribution in [3.63, 3.8) is 0 Å². The van der Waals surface area contributed by atoms with Gasteiger partial charge in [-0.3, -0.25) is 0 Å². The van der Waals surface area contributed by atoms with E-state index in [1.807, 2.05) is 37.5 Å². The van der Waals surface area contributed by atoms with Gasteiger partial charge in [0.2, 0.25) is 0 Å². The normalized spacial score (nSPS) is 18.3. The van der Waals surface area contributed by atoms with Crippen LogP contribution in [0.4, 0.5) is 5.82 Å². The Balaban J connectivity index is 1.63. The first-order valence-electron chi connectivity index (χ1n) is 8.93. The average molecular weight is 398 g/mol. The van der Waals surface area contributed by atoms with Crippen LogP contribution in [0, 0.1) is 6.92 Å². The molecule has 5 nitrogen and oxygen atoms in total. The Morgan fingerprint density at radius 2 is 2.19 bits per heavy atom. The van der Waals surface area contributed by atoms with Crippen molar-refractivity contribution in [1.29, 1.82) is 0 Å². The summed E-state index contributed by atoms with van der Waals surface area (Å²) in [5.74, 6) is 2.08. The largest absolute Gasteiger partial charge is 0.331 e. The van der Waals surface area contributed by atoms with E-state index in [4.69, 9.17) is 16.6 Å². The van der Waals surface area contributed by atoms with Gasteiger partial charge in [0.1, 0.15) is 16.0 Å². The minimum Gasteiger partial charge on any atom is -0.331 e. The Hall–Kier alpha value is -2.18. The smallest absolute Gasteiger partial charge is 0.154 e. The van der Waals surface area contributed by atoms with Gasteiger partial charge in [0.05, 0.1) is 5.04 Å². The predicted molar refractivity (Wildman–Crippen MR) is 110 cm³/mol. The summed E-state index contributed by atoms with van der Waals surface area (Å²) >= 11 is 7.90. The molecule has 1 atom stereocenters. The van der Waals surface area contributed by atoms with E-state index in [1.165, 1.54) is 5.56 Å². The molecule has 0 bridgehead atoms. The number of halogens is 1. The minimum atomic E-state index is 0.454. The van der Waals surface area contributed by atoms with Gasteiger partial charge in [-0.1, -0.05) is 36.4 Å². The van der Waals surface area contributed by atoms with Crippen molar-refractivity contribution in [1.82, 2.24) is 19.5 Å². The van der Waals surface area contributed by atoms with E-state index in [2.05, 4.69) is 32.5 Å². The number of aryl methyl sites for hydroxylation is 1. The Morgan fingerprint density at radius 1 is 1.30 bits per heavy atom. The van der Waals surface area contributed by atoms with E-state index < -0.39 is 0 Å². The standard InChI is InChI=1S/C20H20ClN5S/c1-13-5-6-19(27-20-16(13)4-3-7-23-20)25-18-11-15(10-17(21)24-18)12-26-9-8-22-14(26)2/h3-4,7-11,13H,5-6,12H2,1-2H3. The van der Waals surface area contributed by atoms with E-state index in [9.17, 15) is 0 Å². The van der Waals surface area contributed by atoms with E-state index in [0.717, 1.165) is 34.3 Å². The van der Waals surface area contributed by atoms with Crippen molar-refractivity contribution in [2.45, 2.75) is 44.2 Å². The molecule has 1 aliphatic rings. The summed E-state index contributed by atoms with van der Waals surface area (Å²) in [6.45, 7) is 4.92. The molecule has 3 aromatic rings. The van der Waals surface area contributed by atoms with Crippen LogP contribution in [0.15, 0.2) is 52.9 Å². The molecule has 0 fully saturated rings. The zero-order valence-corrected chi connectivity index (χ0v) is 16.8. The number of thioether (sulfide) groups is 1. The van der Waals surface area contributed by atoms with Crippen LogP contribution < -0.4 is 0 Å². The first-order valence-corrected chi connectivity index (χ1v) is 10.1. The number of aliphatic imine (C=N–C) groups is 1. The van der Waals surface area contributed by atoms with Gasteiger partial charge in [0.25, 0.3) is 0 Å². The fourth-order valence-electron chi connectivity index (χ4n) is 3.18. The van der Waals surface area contributed by atoms with Gasteiger partial charge in [0, 0.05) is 25.1 Å². The van der Waals surface area contributed by atoms with Crippen molar-refractivity contribution in [3.05, 3.63) is 65.0 Å². The van der Waals surface area contributed by atoms with Gasteiger partial charge in [0.15, 0.2) is 5.82 Å². The van der Waals surface area contributed by atoms with Crippen molar-refractivity contribution in [2.24, 2.45) is 4.99 Å². The SMILES string of the molecule is Cc1nccn1Cc1cc(Cl)nc(N=C2CCC(C)c3cccnc3S2)c1. The molecule has 7 heteroatoms. The zero-order chi connectivity index (χ0) is 18.8. The lowest BCUT2D eigenvalue weighted by atomic mass is 9.98. The maximum absolute atomic E-state index is 6.26. The summed E-state index contributed by atoms with van der Waals surface area (Å²) in [5.41, 5.74) is 2.35. The molecule has 0 saturated heterocycles. The highest BCUT2D eigenvalue weighted by molar-refractivity contribution is 8.14. The minimum absolute atomic E-state index is 0.454. The quantitative estimate of drug-likeness (QED) is 0.555. The highest BCUT2D eigenvalue weighted by atomic mass is 35.5. The van der Waals surface area contributed by atoms with Crippen molar-refractivity contribution < 1.29 is 0 Å². The van der Waals surface area contributed by atoms with Gasteiger partial charge >= 0.3 is 0 Å². The third-order valence-electron chi connectivity index (χ3n) is 4.69. The number of rotatable bonds is 3. The summed E-state index contributed by atoms with van der Waals surface area (Å²) in [6, 6.07) is 8.03. The van der Waals surface area contributed by atoms with Crippen LogP contribution in [0.1, 0.15) is 42.6 Å². The molecule has 0 radical (unpaired) electrons. The number of fused-ring (bicyclic) bond motifs is 1. The Morgan fingerprint density at radius 3 is 3.00 bits per heavy atom. The molecule has 4 rings (SSSR count). The van der Waals surface area contributed by atoms with Gasteiger partial charge in [-0.15, -0.1) is 0 Å². The number of nitrogens with zero attached hydrogens (tertiary/aromatic N) is 5. The first kappa shape index (κ1) is 18.2. The zero-order valence-electron chi connectivity index (χ0n) is 15.3. The highest BCUT2D eigenvalue weighted by Gasteiger charge is 2.20. The summed E-state index contributed by atoms with van der Waals surface area (Å²) in [5, 5.41) is 2.52. The van der Waals surface area contributed by atoms with Crippen LogP contribution in [0.25, 0.3) is 0 Å². The predicted octanol–water partition coefficient (Wildman–Crippen LogP) is 5.40. The van der Waals surface area contributed by atoms with Crippen LogP contribution in [0.2, 0.25) is 5.15 Å². The third kappa shape index (κ3) is 4.22. The fraction of sp³-hybridized carbons (Fsp3) is 0.300. The maximum Gasteiger partial charge on any atom is 0.154 e. The van der Waals surface area contributed by atoms with Crippen molar-refractivity contribution in [3.8, 4) is 0 Å². The molecule has 3 aromatic heterocycles. The van der Waals surface area contributed by atoms with Gasteiger partial charge in [-0.05, 0) is 55.0 Å². The number of hydrogen-bond donors (Lipinski definition) is 0. The molecule has 138 valence electrons. The second-order valence-corrected chi connectivity index (χ2v) is 8.15. The van der Waals surface area contributed by atoms with Crippen LogP contribution in [-0.4, -0.2) is 24.6 Å². The summed E-state index contributed by atoms with van der Waals surface area (Å²) in [7, 11) is 0. The molecule has 0 N–H and O–H groups in total. The Labute approximate surface area is 167 Å². The molecule has 27 heavy (non-hydrogen) atoms. The lowest BCUT2D eigenvalue weighted by Crippen LogP contribution is -2.01. The average Bonchev–Trinajstić information content (AvgIpc) is 2.96. The lowest BCUT2D eigenvalue weighted by Gasteiger charge is -2.08. The molecule has 1 unspecified atom stereocenters. The van der Waals surface area contributed by atoms with Crippen LogP contribution in [0.5, 0.6) is 0 Å². The van der Waals surface area contributed by atoms with Crippen LogP contribution in [-0.2, 0) is 6.54 Å². The maximum atomic E-state index is 6.26. The number of aromatic nitrogens is 4. The molecular formula is C20H20ClN5S. The van der Waals surface area contributed by atoms with Crippen molar-refractivity contribution >= 4 is 34.2 Å². The monoisotopic (exact) mass is 397 g/mol. The van der Waals surface area contributed by atoms with Gasteiger partial charge in [-0.2, -0.15) is 0 Å². The molecule has 0 aromatic carbocycles. The highest BCUT2D eigenvalue weighted by Crippen LogP contribution is 2.36. The summed E-state index contributed by atoms with van der Waals surface area (Å²) in [6.07, 6.45) is 7.55. The Bertz CT molecular complexity index is 998. The first-order chi connectivity index (χ1) is 13.1. The van der Waals surface area contributed by atoms with Crippen LogP contribution in [0.3, 0.4) is 0 Å². The second kappa shape index (κ2) is 7.82.